The highest BCUT2D eigenvalue weighted by molar-refractivity contribution is 5.25. The summed E-state index contributed by atoms with van der Waals surface area (Å²) in [6, 6.07) is 12.9. The van der Waals surface area contributed by atoms with Gasteiger partial charge in [-0.05, 0) is 12.1 Å². The van der Waals surface area contributed by atoms with Crippen molar-refractivity contribution < 1.29 is 0 Å². The number of rotatable bonds is 0. The van der Waals surface area contributed by atoms with Crippen LogP contribution in [-0.4, -0.2) is 0 Å². The van der Waals surface area contributed by atoms with Gasteiger partial charge in [-0.25, -0.2) is 0 Å². The molecule has 0 N–H and O–H groups in total. The van der Waals surface area contributed by atoms with Crippen LogP contribution in [0, 0.1) is 29.5 Å². The first-order valence-electron chi connectivity index (χ1n) is 2.13. The molecule has 0 heterocycles. The van der Waals surface area contributed by atoms with Gasteiger partial charge >= 0.3 is 0 Å². The van der Waals surface area contributed by atoms with Crippen molar-refractivity contribution in [3.63, 3.8) is 0 Å². The average Bonchev–Trinajstić information content (AvgIpc) is 1.90. The van der Waals surface area contributed by atoms with Gasteiger partial charge in [-0.15, -0.1) is 0 Å². The minimum absolute atomic E-state index is 0.503. The van der Waals surface area contributed by atoms with Gasteiger partial charge in [-0.1, -0.05) is 6.07 Å². The monoisotopic (exact) mass is 100 g/mol. The molecule has 0 unspecified atom stereocenters. The fourth-order valence-corrected chi connectivity index (χ4v) is 0.377. The first kappa shape index (κ1) is 4.86. The summed E-state index contributed by atoms with van der Waals surface area (Å²) in [6.45, 7) is 0. The van der Waals surface area contributed by atoms with Crippen molar-refractivity contribution in [1.82, 2.24) is 0 Å². The zero-order valence-corrected chi connectivity index (χ0v) is 4.10. The lowest BCUT2D eigenvalue weighted by Gasteiger charge is -1.77. The molecule has 0 spiro atoms. The molecule has 3 radical (unpaired) electrons. The third-order valence-electron chi connectivity index (χ3n) is 0.723. The molecule has 0 aliphatic carbocycles. The molecule has 0 saturated heterocycles. The molecule has 1 nitrogen and oxygen atoms in total. The zero-order valence-electron chi connectivity index (χ0n) is 4.10. The second-order valence-electron chi connectivity index (χ2n) is 1.25. The summed E-state index contributed by atoms with van der Waals surface area (Å²) >= 11 is 0. The minimum atomic E-state index is 0.503. The van der Waals surface area contributed by atoms with E-state index in [1.54, 1.807) is 12.1 Å². The lowest BCUT2D eigenvalue weighted by Crippen LogP contribution is -1.68. The SMILES string of the molecule is N#Cc1[c][c][c]cc1. The van der Waals surface area contributed by atoms with Gasteiger partial charge in [-0.3, -0.25) is 0 Å². The lowest BCUT2D eigenvalue weighted by atomic mass is 10.2. The molecule has 0 aliphatic heterocycles. The number of benzene rings is 1. The summed E-state index contributed by atoms with van der Waals surface area (Å²) in [5.41, 5.74) is 0.503. The zero-order chi connectivity index (χ0) is 5.82. The molecule has 1 rings (SSSR count). The molecule has 1 aromatic carbocycles. The van der Waals surface area contributed by atoms with Crippen LogP contribution < -0.4 is 0 Å². The highest BCUT2D eigenvalue weighted by Crippen LogP contribution is 1.90. The van der Waals surface area contributed by atoms with Gasteiger partial charge in [-0.2, -0.15) is 5.26 Å². The standard InChI is InChI=1S/C7H2N/c8-6-7-4-2-1-3-5-7/h2,4H. The van der Waals surface area contributed by atoms with E-state index in [9.17, 15) is 0 Å². The largest absolute Gasteiger partial charge is 0.192 e. The molecule has 0 amide bonds. The Bertz CT molecular complexity index is 195. The van der Waals surface area contributed by atoms with Crippen LogP contribution in [0.4, 0.5) is 0 Å². The van der Waals surface area contributed by atoms with E-state index in [1.165, 1.54) is 0 Å². The molecular weight excluding hydrogens is 98.1 g/mol. The molecule has 0 bridgehead atoms. The summed E-state index contributed by atoms with van der Waals surface area (Å²) in [6.07, 6.45) is 0. The smallest absolute Gasteiger partial charge is 0.0998 e. The molecule has 0 atom stereocenters. The van der Waals surface area contributed by atoms with E-state index >= 15 is 0 Å². The van der Waals surface area contributed by atoms with Crippen LogP contribution in [0.1, 0.15) is 5.56 Å². The summed E-state index contributed by atoms with van der Waals surface area (Å²) in [4.78, 5) is 0. The van der Waals surface area contributed by atoms with Crippen molar-refractivity contribution in [2.45, 2.75) is 0 Å². The maximum Gasteiger partial charge on any atom is 0.0998 e. The first-order valence-corrected chi connectivity index (χ1v) is 2.13. The lowest BCUT2D eigenvalue weighted by molar-refractivity contribution is 1.47. The first-order chi connectivity index (χ1) is 3.93. The molecule has 8 heavy (non-hydrogen) atoms. The third kappa shape index (κ3) is 0.855. The third-order valence-corrected chi connectivity index (χ3v) is 0.723. The molecule has 0 aliphatic rings. The van der Waals surface area contributed by atoms with Gasteiger partial charge in [0, 0.05) is 12.1 Å². The van der Waals surface area contributed by atoms with Crippen LogP contribution in [0.15, 0.2) is 12.1 Å². The van der Waals surface area contributed by atoms with Crippen LogP contribution in [0.3, 0.4) is 0 Å². The van der Waals surface area contributed by atoms with Crippen molar-refractivity contribution >= 4 is 0 Å². The van der Waals surface area contributed by atoms with Gasteiger partial charge in [0.05, 0.1) is 11.6 Å². The Labute approximate surface area is 48.2 Å². The second-order valence-corrected chi connectivity index (χ2v) is 1.25. The number of nitriles is 1. The predicted octanol–water partition coefficient (Wildman–Crippen LogP) is 0.959. The summed E-state index contributed by atoms with van der Waals surface area (Å²) in [7, 11) is 0. The fourth-order valence-electron chi connectivity index (χ4n) is 0.377. The van der Waals surface area contributed by atoms with Gasteiger partial charge in [0.2, 0.25) is 0 Å². The molecule has 0 saturated carbocycles. The van der Waals surface area contributed by atoms with Crippen molar-refractivity contribution in [3.05, 3.63) is 35.9 Å². The molecule has 0 aromatic heterocycles. The molecule has 1 heteroatoms. The molecular formula is C7H2N. The Morgan fingerprint density at radius 1 is 1.62 bits per heavy atom. The summed E-state index contributed by atoms with van der Waals surface area (Å²) in [5.74, 6) is 0. The Hall–Kier alpha value is -1.29. The van der Waals surface area contributed by atoms with Crippen LogP contribution in [-0.2, 0) is 0 Å². The van der Waals surface area contributed by atoms with Gasteiger partial charge in [0.15, 0.2) is 0 Å². The molecule has 1 aromatic rings. The van der Waals surface area contributed by atoms with Crippen LogP contribution in [0.5, 0.6) is 0 Å². The van der Waals surface area contributed by atoms with Crippen LogP contribution in [0.25, 0.3) is 0 Å². The Morgan fingerprint density at radius 3 is 2.88 bits per heavy atom. The second kappa shape index (κ2) is 2.13. The van der Waals surface area contributed by atoms with E-state index in [0.717, 1.165) is 0 Å². The van der Waals surface area contributed by atoms with Crippen molar-refractivity contribution in [2.24, 2.45) is 0 Å². The minimum Gasteiger partial charge on any atom is -0.192 e. The molecule has 35 valence electrons. The molecule has 0 fully saturated rings. The van der Waals surface area contributed by atoms with Gasteiger partial charge < -0.3 is 0 Å². The summed E-state index contributed by atoms with van der Waals surface area (Å²) < 4.78 is 0. The maximum absolute atomic E-state index is 8.22. The van der Waals surface area contributed by atoms with E-state index in [2.05, 4.69) is 18.2 Å². The van der Waals surface area contributed by atoms with E-state index in [4.69, 9.17) is 5.26 Å². The van der Waals surface area contributed by atoms with Crippen molar-refractivity contribution in [2.75, 3.05) is 0 Å². The topological polar surface area (TPSA) is 23.8 Å². The maximum atomic E-state index is 8.22. The van der Waals surface area contributed by atoms with Crippen molar-refractivity contribution in [3.8, 4) is 6.07 Å². The van der Waals surface area contributed by atoms with Gasteiger partial charge in [0.1, 0.15) is 0 Å². The van der Waals surface area contributed by atoms with E-state index in [0.29, 0.717) is 5.56 Å². The van der Waals surface area contributed by atoms with Crippen LogP contribution in [0.2, 0.25) is 0 Å². The Kier molecular flexibility index (Phi) is 1.29. The Balaban J connectivity index is 3.05. The van der Waals surface area contributed by atoms with Crippen molar-refractivity contribution in [1.29, 1.82) is 5.26 Å². The Morgan fingerprint density at radius 2 is 2.50 bits per heavy atom. The summed E-state index contributed by atoms with van der Waals surface area (Å²) in [5, 5.41) is 8.22. The number of nitrogens with zero attached hydrogens (tertiary/aromatic N) is 1. The number of hydrogen-bond donors (Lipinski definition) is 0. The normalized spacial score (nSPS) is 7.88. The van der Waals surface area contributed by atoms with Crippen LogP contribution >= 0.6 is 0 Å². The quantitative estimate of drug-likeness (QED) is 0.476. The van der Waals surface area contributed by atoms with Gasteiger partial charge in [0.25, 0.3) is 0 Å². The van der Waals surface area contributed by atoms with E-state index in [1.807, 2.05) is 6.07 Å². The highest BCUT2D eigenvalue weighted by atomic mass is 14.2. The highest BCUT2D eigenvalue weighted by Gasteiger charge is 1.81. The fraction of sp³-hybridized carbons (Fsp3) is 0. The number of hydrogen-bond acceptors (Lipinski definition) is 1. The van der Waals surface area contributed by atoms with E-state index in [-0.39, 0.29) is 0 Å². The van der Waals surface area contributed by atoms with E-state index < -0.39 is 0 Å². The average molecular weight is 100 g/mol. The predicted molar refractivity (Wildman–Crippen MR) is 27.7 cm³/mol.